The molecule has 0 bridgehead atoms. The van der Waals surface area contributed by atoms with Crippen LogP contribution in [-0.4, -0.2) is 51.3 Å². The molecule has 0 spiro atoms. The average molecular weight is 780 g/mol. The van der Waals surface area contributed by atoms with Gasteiger partial charge in [-0.1, -0.05) is 59.6 Å². The topological polar surface area (TPSA) is 86.4 Å². The summed E-state index contributed by atoms with van der Waals surface area (Å²) in [7, 11) is 6.55. The second-order valence-corrected chi connectivity index (χ2v) is 13.9. The smallest absolute Gasteiger partial charge is 0.227 e. The van der Waals surface area contributed by atoms with Crippen LogP contribution >= 0.6 is 23.2 Å². The lowest BCUT2D eigenvalue weighted by atomic mass is 9.82. The molecular weight excluding hydrogens is 743 g/mol. The van der Waals surface area contributed by atoms with Gasteiger partial charge >= 0.3 is 0 Å². The Bertz CT molecular complexity index is 2220. The van der Waals surface area contributed by atoms with E-state index in [4.69, 9.17) is 62.1 Å². The van der Waals surface area contributed by atoms with Crippen LogP contribution in [0.1, 0.15) is 33.4 Å². The zero-order valence-electron chi connectivity index (χ0n) is 31.0. The molecule has 0 unspecified atom stereocenters. The van der Waals surface area contributed by atoms with Gasteiger partial charge in [0.15, 0.2) is 0 Å². The lowest BCUT2D eigenvalue weighted by Gasteiger charge is -2.39. The van der Waals surface area contributed by atoms with Gasteiger partial charge in [0.2, 0.25) is 11.3 Å². The molecule has 0 saturated carbocycles. The third-order valence-corrected chi connectivity index (χ3v) is 10.6. The molecule has 2 aliphatic heterocycles. The summed E-state index contributed by atoms with van der Waals surface area (Å²) in [4.78, 5) is 22.8. The minimum atomic E-state index is -1.63. The van der Waals surface area contributed by atoms with Crippen molar-refractivity contribution in [2.75, 3.05) is 28.4 Å². The number of ether oxygens (including phenoxy) is 4. The number of benzene rings is 6. The average Bonchev–Trinajstić information content (AvgIpc) is 3.87. The maximum absolute atomic E-state index is 7.27. The van der Waals surface area contributed by atoms with Gasteiger partial charge < -0.3 is 18.9 Å². The number of rotatable bonds is 11. The molecule has 6 aromatic rings. The highest BCUT2D eigenvalue weighted by atomic mass is 35.5. The Morgan fingerprint density at radius 2 is 0.571 bits per heavy atom. The second-order valence-electron chi connectivity index (χ2n) is 13.1. The fourth-order valence-corrected chi connectivity index (χ4v) is 7.66. The third kappa shape index (κ3) is 6.30. The molecule has 278 valence electrons. The second kappa shape index (κ2) is 15.1. The van der Waals surface area contributed by atoms with Gasteiger partial charge in [0, 0.05) is 43.4 Å². The molecule has 6 aromatic carbocycles. The Morgan fingerprint density at radius 3 is 0.786 bits per heavy atom. The van der Waals surface area contributed by atoms with E-state index in [0.29, 0.717) is 67.0 Å². The van der Waals surface area contributed by atoms with Gasteiger partial charge in [0.05, 0.1) is 51.3 Å². The van der Waals surface area contributed by atoms with E-state index in [1.807, 2.05) is 146 Å². The van der Waals surface area contributed by atoms with Gasteiger partial charge in [0.25, 0.3) is 0 Å². The van der Waals surface area contributed by atoms with Crippen molar-refractivity contribution in [1.82, 2.24) is 0 Å². The molecule has 10 heteroatoms. The monoisotopic (exact) mass is 778 g/mol. The van der Waals surface area contributed by atoms with Crippen LogP contribution in [0, 0.1) is 0 Å². The largest absolute Gasteiger partial charge is 0.497 e. The Morgan fingerprint density at radius 1 is 0.339 bits per heavy atom. The summed E-state index contributed by atoms with van der Waals surface area (Å²) in [5, 5.41) is 0.872. The Labute approximate surface area is 335 Å². The molecule has 0 aromatic heterocycles. The summed E-state index contributed by atoms with van der Waals surface area (Å²) in [5.74, 6) is 2.83. The molecule has 0 amide bonds. The number of hydrogen-bond donors (Lipinski definition) is 0. The first-order chi connectivity index (χ1) is 27.3. The van der Waals surface area contributed by atoms with Gasteiger partial charge in [-0.2, -0.15) is 0 Å². The molecule has 2 heterocycles. The predicted molar refractivity (Wildman–Crippen MR) is 224 cm³/mol. The van der Waals surface area contributed by atoms with Crippen LogP contribution in [-0.2, 0) is 11.3 Å². The van der Waals surface area contributed by atoms with E-state index in [9.17, 15) is 0 Å². The molecule has 0 atom stereocenters. The third-order valence-electron chi connectivity index (χ3n) is 9.98. The molecule has 0 fully saturated rings. The maximum Gasteiger partial charge on any atom is 0.227 e. The normalized spacial score (nSPS) is 15.3. The molecule has 0 saturated heterocycles. The highest BCUT2D eigenvalue weighted by Crippen LogP contribution is 2.57. The fraction of sp³-hybridized carbons (Fsp3) is 0.130. The van der Waals surface area contributed by atoms with E-state index in [-0.39, 0.29) is 0 Å². The SMILES string of the molecule is COc1ccc(C2=NC(c3ccccc3Cl)(C3(c4ccccc4Cl)N=C(c4ccc(OC)cc4)C(c4ccc(OC)cc4)=N3)N=C2c2ccc(OC)cc2)cc1. The van der Waals surface area contributed by atoms with Crippen LogP contribution < -0.4 is 18.9 Å². The van der Waals surface area contributed by atoms with E-state index in [2.05, 4.69) is 0 Å². The standard InChI is InChI=1S/C46H36Cl2N4O4/c1-53-33-21-13-29(14-22-33)41-42(30-15-23-34(54-2)24-16-30)50-45(49-41,37-9-5-7-11-39(37)47)46(38-10-6-8-12-40(38)48)51-43(31-17-25-35(55-3)26-18-31)44(52-46)32-19-27-36(56-4)28-20-32/h5-28H,1-4H3. The van der Waals surface area contributed by atoms with Crippen molar-refractivity contribution in [3.8, 4) is 23.0 Å². The fourth-order valence-electron chi connectivity index (χ4n) is 7.13. The van der Waals surface area contributed by atoms with Crippen molar-refractivity contribution in [3.63, 3.8) is 0 Å². The Kier molecular flexibility index (Phi) is 9.93. The van der Waals surface area contributed by atoms with Crippen LogP contribution in [0.4, 0.5) is 0 Å². The Balaban J connectivity index is 1.52. The van der Waals surface area contributed by atoms with Crippen molar-refractivity contribution < 1.29 is 18.9 Å². The summed E-state index contributed by atoms with van der Waals surface area (Å²) in [6, 6.07) is 46.1. The van der Waals surface area contributed by atoms with Gasteiger partial charge in [-0.05, 0) is 109 Å². The molecule has 8 nitrogen and oxygen atoms in total. The molecule has 2 aliphatic rings. The minimum absolute atomic E-state index is 0.436. The van der Waals surface area contributed by atoms with E-state index < -0.39 is 11.3 Å². The quantitative estimate of drug-likeness (QED) is 0.131. The highest BCUT2D eigenvalue weighted by molar-refractivity contribution is 6.56. The van der Waals surface area contributed by atoms with Crippen LogP contribution in [0.5, 0.6) is 23.0 Å². The molecule has 0 radical (unpaired) electrons. The van der Waals surface area contributed by atoms with Crippen molar-refractivity contribution in [1.29, 1.82) is 0 Å². The first kappa shape index (κ1) is 36.7. The number of halogens is 2. The van der Waals surface area contributed by atoms with Gasteiger partial charge in [-0.15, -0.1) is 0 Å². The highest BCUT2D eigenvalue weighted by Gasteiger charge is 2.61. The first-order valence-electron chi connectivity index (χ1n) is 17.8. The molecule has 8 rings (SSSR count). The summed E-state index contributed by atoms with van der Waals surface area (Å²) in [5.41, 5.74) is 3.58. The molecule has 56 heavy (non-hydrogen) atoms. The van der Waals surface area contributed by atoms with Gasteiger partial charge in [0.1, 0.15) is 23.0 Å². The molecule has 0 aliphatic carbocycles. The molecular formula is C46H36Cl2N4O4. The summed E-state index contributed by atoms with van der Waals surface area (Å²) >= 11 is 14.5. The zero-order valence-corrected chi connectivity index (χ0v) is 32.5. The van der Waals surface area contributed by atoms with E-state index >= 15 is 0 Å². The minimum Gasteiger partial charge on any atom is -0.497 e. The van der Waals surface area contributed by atoms with E-state index in [0.717, 1.165) is 22.3 Å². The number of methoxy groups -OCH3 is 4. The summed E-state index contributed by atoms with van der Waals surface area (Å²) < 4.78 is 22.1. The van der Waals surface area contributed by atoms with Crippen LogP contribution in [0.25, 0.3) is 0 Å². The van der Waals surface area contributed by atoms with Crippen LogP contribution in [0.2, 0.25) is 10.0 Å². The van der Waals surface area contributed by atoms with Crippen molar-refractivity contribution in [2.45, 2.75) is 11.3 Å². The number of aliphatic imine (C=N–C) groups is 4. The van der Waals surface area contributed by atoms with Gasteiger partial charge in [-0.3, -0.25) is 0 Å². The lowest BCUT2D eigenvalue weighted by Crippen LogP contribution is -2.43. The van der Waals surface area contributed by atoms with Crippen molar-refractivity contribution >= 4 is 46.0 Å². The van der Waals surface area contributed by atoms with Crippen molar-refractivity contribution in [3.05, 3.63) is 189 Å². The molecule has 0 N–H and O–H groups in total. The number of hydrogen-bond acceptors (Lipinski definition) is 8. The number of nitrogens with zero attached hydrogens (tertiary/aromatic N) is 4. The first-order valence-corrected chi connectivity index (χ1v) is 18.6. The van der Waals surface area contributed by atoms with E-state index in [1.165, 1.54) is 0 Å². The maximum atomic E-state index is 7.27. The van der Waals surface area contributed by atoms with Crippen LogP contribution in [0.15, 0.2) is 166 Å². The van der Waals surface area contributed by atoms with Crippen LogP contribution in [0.3, 0.4) is 0 Å². The van der Waals surface area contributed by atoms with Crippen molar-refractivity contribution in [2.24, 2.45) is 20.0 Å². The lowest BCUT2D eigenvalue weighted by molar-refractivity contribution is 0.257. The summed E-state index contributed by atoms with van der Waals surface area (Å²) in [6.45, 7) is 0. The van der Waals surface area contributed by atoms with Gasteiger partial charge in [-0.25, -0.2) is 20.0 Å². The zero-order chi connectivity index (χ0) is 38.9. The van der Waals surface area contributed by atoms with E-state index in [1.54, 1.807) is 28.4 Å². The predicted octanol–water partition coefficient (Wildman–Crippen LogP) is 10.0. The Hall–Kier alpha value is -6.22. The summed E-state index contributed by atoms with van der Waals surface area (Å²) in [6.07, 6.45) is 0.